The van der Waals surface area contributed by atoms with Crippen molar-refractivity contribution in [1.29, 1.82) is 0 Å². The van der Waals surface area contributed by atoms with Gasteiger partial charge in [0.15, 0.2) is 5.41 Å². The highest BCUT2D eigenvalue weighted by Gasteiger charge is 2.76. The maximum Gasteiger partial charge on any atom is 0.403 e. The topological polar surface area (TPSA) is 0 Å². The summed E-state index contributed by atoms with van der Waals surface area (Å²) in [5.41, 5.74) is -3.50. The monoisotopic (exact) mass is 230 g/mol. The summed E-state index contributed by atoms with van der Waals surface area (Å²) in [6.45, 7) is 0. The average Bonchev–Trinajstić information content (AvgIpc) is 2.57. The van der Waals surface area contributed by atoms with Crippen LogP contribution in [0.3, 0.4) is 0 Å². The SMILES string of the molecule is FC(F)(F)C1(C(F)(F)F)CC2C=CC1C2. The minimum Gasteiger partial charge on any atom is -0.170 e. The van der Waals surface area contributed by atoms with Crippen LogP contribution in [0.25, 0.3) is 0 Å². The molecule has 2 atom stereocenters. The van der Waals surface area contributed by atoms with Crippen LogP contribution in [-0.4, -0.2) is 12.4 Å². The fourth-order valence-electron chi connectivity index (χ4n) is 2.67. The van der Waals surface area contributed by atoms with E-state index in [9.17, 15) is 26.3 Å². The van der Waals surface area contributed by atoms with Crippen LogP contribution in [0.1, 0.15) is 12.8 Å². The first-order valence-electron chi connectivity index (χ1n) is 4.50. The van der Waals surface area contributed by atoms with Gasteiger partial charge in [0.25, 0.3) is 0 Å². The van der Waals surface area contributed by atoms with E-state index in [4.69, 9.17) is 0 Å². The average molecular weight is 230 g/mol. The lowest BCUT2D eigenvalue weighted by atomic mass is 9.74. The van der Waals surface area contributed by atoms with Crippen molar-refractivity contribution in [1.82, 2.24) is 0 Å². The first-order chi connectivity index (χ1) is 6.68. The Bertz CT molecular complexity index is 283. The van der Waals surface area contributed by atoms with Crippen molar-refractivity contribution >= 4 is 0 Å². The Balaban J connectivity index is 2.47. The van der Waals surface area contributed by atoms with Crippen LogP contribution in [0, 0.1) is 17.3 Å². The van der Waals surface area contributed by atoms with E-state index < -0.39 is 36.0 Å². The summed E-state index contributed by atoms with van der Waals surface area (Å²) in [4.78, 5) is 0. The molecule has 2 aliphatic carbocycles. The third-order valence-corrected chi connectivity index (χ3v) is 3.40. The molecule has 0 heterocycles. The predicted octanol–water partition coefficient (Wildman–Crippen LogP) is 3.69. The molecule has 0 amide bonds. The summed E-state index contributed by atoms with van der Waals surface area (Å²) in [6, 6.07) is 0. The molecule has 2 bridgehead atoms. The predicted molar refractivity (Wildman–Crippen MR) is 39.9 cm³/mol. The molecule has 0 aromatic carbocycles. The highest BCUT2D eigenvalue weighted by Crippen LogP contribution is 2.66. The van der Waals surface area contributed by atoms with Crippen molar-refractivity contribution in [2.75, 3.05) is 0 Å². The lowest BCUT2D eigenvalue weighted by Crippen LogP contribution is -2.52. The van der Waals surface area contributed by atoms with Gasteiger partial charge in [-0.25, -0.2) is 0 Å². The molecule has 0 aliphatic heterocycles. The summed E-state index contributed by atoms with van der Waals surface area (Å²) >= 11 is 0. The first kappa shape index (κ1) is 10.8. The number of rotatable bonds is 0. The maximum atomic E-state index is 12.6. The summed E-state index contributed by atoms with van der Waals surface area (Å²) in [5.74, 6) is -2.00. The van der Waals surface area contributed by atoms with E-state index >= 15 is 0 Å². The lowest BCUT2D eigenvalue weighted by molar-refractivity contribution is -0.349. The molecule has 2 unspecified atom stereocenters. The van der Waals surface area contributed by atoms with Gasteiger partial charge in [0.1, 0.15) is 0 Å². The second kappa shape index (κ2) is 2.71. The van der Waals surface area contributed by atoms with Gasteiger partial charge in [-0.2, -0.15) is 26.3 Å². The second-order valence-corrected chi connectivity index (χ2v) is 4.16. The Morgan fingerprint density at radius 2 is 1.47 bits per heavy atom. The van der Waals surface area contributed by atoms with E-state index in [1.165, 1.54) is 6.08 Å². The molecule has 0 aromatic heterocycles. The number of hydrogen-bond acceptors (Lipinski definition) is 0. The largest absolute Gasteiger partial charge is 0.403 e. The van der Waals surface area contributed by atoms with Gasteiger partial charge in [-0.05, 0) is 18.8 Å². The third-order valence-electron chi connectivity index (χ3n) is 3.40. The molecular formula is C9H8F6. The zero-order valence-electron chi connectivity index (χ0n) is 7.49. The summed E-state index contributed by atoms with van der Waals surface area (Å²) in [5, 5.41) is 0. The number of alkyl halides is 6. The van der Waals surface area contributed by atoms with E-state index in [1.54, 1.807) is 0 Å². The van der Waals surface area contributed by atoms with Crippen molar-refractivity contribution in [2.24, 2.45) is 17.3 Å². The van der Waals surface area contributed by atoms with Crippen molar-refractivity contribution in [3.63, 3.8) is 0 Å². The van der Waals surface area contributed by atoms with Crippen LogP contribution in [0.5, 0.6) is 0 Å². The van der Waals surface area contributed by atoms with Gasteiger partial charge in [-0.15, -0.1) is 0 Å². The summed E-state index contributed by atoms with van der Waals surface area (Å²) in [6.07, 6.45) is -8.78. The van der Waals surface area contributed by atoms with Crippen LogP contribution in [0.15, 0.2) is 12.2 Å². The Morgan fingerprint density at radius 1 is 0.933 bits per heavy atom. The molecule has 6 heteroatoms. The molecule has 1 saturated carbocycles. The summed E-state index contributed by atoms with van der Waals surface area (Å²) < 4.78 is 75.7. The van der Waals surface area contributed by atoms with Crippen molar-refractivity contribution in [3.05, 3.63) is 12.2 Å². The number of fused-ring (bicyclic) bond motifs is 2. The fourth-order valence-corrected chi connectivity index (χ4v) is 2.67. The van der Waals surface area contributed by atoms with Crippen LogP contribution in [-0.2, 0) is 0 Å². The zero-order chi connectivity index (χ0) is 11.5. The number of allylic oxidation sites excluding steroid dienone is 2. The molecule has 0 saturated heterocycles. The maximum absolute atomic E-state index is 12.6. The molecule has 2 aliphatic rings. The van der Waals surface area contributed by atoms with Gasteiger partial charge in [0, 0.05) is 5.92 Å². The normalized spacial score (nSPS) is 33.7. The number of hydrogen-bond donors (Lipinski definition) is 0. The molecule has 0 radical (unpaired) electrons. The Labute approximate surface area is 82.0 Å². The minimum atomic E-state index is -5.21. The second-order valence-electron chi connectivity index (χ2n) is 4.16. The van der Waals surface area contributed by atoms with Gasteiger partial charge >= 0.3 is 12.4 Å². The van der Waals surface area contributed by atoms with Crippen molar-refractivity contribution in [2.45, 2.75) is 25.2 Å². The van der Waals surface area contributed by atoms with Gasteiger partial charge in [-0.1, -0.05) is 12.2 Å². The molecule has 0 nitrogen and oxygen atoms in total. The highest BCUT2D eigenvalue weighted by atomic mass is 19.4. The van der Waals surface area contributed by atoms with Crippen LogP contribution in [0.2, 0.25) is 0 Å². The molecule has 0 spiro atoms. The van der Waals surface area contributed by atoms with Gasteiger partial charge in [0.2, 0.25) is 0 Å². The highest BCUT2D eigenvalue weighted by molar-refractivity contribution is 5.19. The molecule has 15 heavy (non-hydrogen) atoms. The van der Waals surface area contributed by atoms with Crippen molar-refractivity contribution < 1.29 is 26.3 Å². The molecule has 2 rings (SSSR count). The fraction of sp³-hybridized carbons (Fsp3) is 0.778. The van der Waals surface area contributed by atoms with E-state index in [0.717, 1.165) is 6.08 Å². The van der Waals surface area contributed by atoms with Crippen LogP contribution < -0.4 is 0 Å². The van der Waals surface area contributed by atoms with Crippen LogP contribution in [0.4, 0.5) is 26.3 Å². The molecule has 0 aromatic rings. The minimum absolute atomic E-state index is 0.0287. The number of halogens is 6. The molecule has 0 N–H and O–H groups in total. The van der Waals surface area contributed by atoms with Gasteiger partial charge in [-0.3, -0.25) is 0 Å². The lowest BCUT2D eigenvalue weighted by Gasteiger charge is -2.38. The Morgan fingerprint density at radius 3 is 1.67 bits per heavy atom. The molecule has 86 valence electrons. The van der Waals surface area contributed by atoms with Crippen LogP contribution >= 0.6 is 0 Å². The van der Waals surface area contributed by atoms with E-state index in [2.05, 4.69) is 0 Å². The first-order valence-corrected chi connectivity index (χ1v) is 4.50. The van der Waals surface area contributed by atoms with E-state index in [-0.39, 0.29) is 6.42 Å². The standard InChI is InChI=1S/C9H8F6/c10-8(11,12)7(9(13,14)15)4-5-1-2-6(7)3-5/h1-2,5-6H,3-4H2. The van der Waals surface area contributed by atoms with Gasteiger partial charge in [0.05, 0.1) is 0 Å². The van der Waals surface area contributed by atoms with Crippen molar-refractivity contribution in [3.8, 4) is 0 Å². The molecule has 1 fully saturated rings. The summed E-state index contributed by atoms with van der Waals surface area (Å²) in [7, 11) is 0. The van der Waals surface area contributed by atoms with Gasteiger partial charge < -0.3 is 0 Å². The Kier molecular flexibility index (Phi) is 1.95. The quantitative estimate of drug-likeness (QED) is 0.439. The smallest absolute Gasteiger partial charge is 0.170 e. The molecular weight excluding hydrogens is 222 g/mol. The zero-order valence-corrected chi connectivity index (χ0v) is 7.49. The third kappa shape index (κ3) is 1.23. The Hall–Kier alpha value is -0.680. The van der Waals surface area contributed by atoms with E-state index in [1.807, 2.05) is 0 Å². The van der Waals surface area contributed by atoms with E-state index in [0.29, 0.717) is 0 Å².